The number of rotatable bonds is 7. The van der Waals surface area contributed by atoms with E-state index in [-0.39, 0.29) is 0 Å². The molecule has 0 saturated heterocycles. The first-order valence-corrected chi connectivity index (χ1v) is 5.35. The fraction of sp³-hybridized carbons (Fsp3) is 1.00. The Kier molecular flexibility index (Phi) is 7.29. The van der Waals surface area contributed by atoms with Gasteiger partial charge in [0.05, 0.1) is 6.61 Å². The lowest BCUT2D eigenvalue weighted by Crippen LogP contribution is -2.41. The molecule has 0 rings (SSSR count). The van der Waals surface area contributed by atoms with Crippen LogP contribution in [0, 0.1) is 11.8 Å². The number of nitrogens with one attached hydrogen (secondary N) is 1. The van der Waals surface area contributed by atoms with E-state index in [1.807, 2.05) is 0 Å². The van der Waals surface area contributed by atoms with Crippen LogP contribution in [-0.4, -0.2) is 26.3 Å². The summed E-state index contributed by atoms with van der Waals surface area (Å²) in [5.74, 6) is 1.27. The molecule has 2 heteroatoms. The maximum Gasteiger partial charge on any atom is 0.0502 e. The van der Waals surface area contributed by atoms with Gasteiger partial charge in [-0.05, 0) is 24.8 Å². The predicted molar refractivity (Wildman–Crippen MR) is 58.0 cm³/mol. The smallest absolute Gasteiger partial charge is 0.0502 e. The van der Waals surface area contributed by atoms with Crippen molar-refractivity contribution in [3.8, 4) is 0 Å². The number of methoxy groups -OCH3 is 1. The molecular formula is C11H25NO. The fourth-order valence-electron chi connectivity index (χ4n) is 1.77. The molecule has 80 valence electrons. The van der Waals surface area contributed by atoms with E-state index in [4.69, 9.17) is 4.74 Å². The minimum atomic E-state index is 0.583. The van der Waals surface area contributed by atoms with Crippen LogP contribution in [0.5, 0.6) is 0 Å². The summed E-state index contributed by atoms with van der Waals surface area (Å²) in [7, 11) is 1.77. The minimum absolute atomic E-state index is 0.583. The molecule has 0 aliphatic carbocycles. The molecule has 0 radical (unpaired) electrons. The van der Waals surface area contributed by atoms with Crippen LogP contribution in [-0.2, 0) is 4.74 Å². The zero-order valence-electron chi connectivity index (χ0n) is 9.76. The van der Waals surface area contributed by atoms with E-state index in [9.17, 15) is 0 Å². The van der Waals surface area contributed by atoms with Gasteiger partial charge in [0.15, 0.2) is 0 Å². The maximum atomic E-state index is 5.17. The van der Waals surface area contributed by atoms with Crippen LogP contribution in [0.1, 0.15) is 34.1 Å². The monoisotopic (exact) mass is 187 g/mol. The predicted octanol–water partition coefficient (Wildman–Crippen LogP) is 2.29. The highest BCUT2D eigenvalue weighted by molar-refractivity contribution is 4.75. The molecule has 2 atom stereocenters. The van der Waals surface area contributed by atoms with Crippen molar-refractivity contribution < 1.29 is 4.74 Å². The number of hydrogen-bond donors (Lipinski definition) is 1. The Labute approximate surface area is 83.1 Å². The Hall–Kier alpha value is -0.0800. The van der Waals surface area contributed by atoms with Crippen molar-refractivity contribution in [2.75, 3.05) is 20.3 Å². The summed E-state index contributed by atoms with van der Waals surface area (Å²) in [5, 5.41) is 3.57. The Morgan fingerprint density at radius 1 is 1.23 bits per heavy atom. The quantitative estimate of drug-likeness (QED) is 0.660. The average Bonchev–Trinajstić information content (AvgIpc) is 2.05. The lowest BCUT2D eigenvalue weighted by atomic mass is 9.92. The molecule has 0 aromatic carbocycles. The van der Waals surface area contributed by atoms with E-state index in [0.717, 1.165) is 13.2 Å². The number of hydrogen-bond acceptors (Lipinski definition) is 2. The Bertz CT molecular complexity index is 115. The van der Waals surface area contributed by atoms with Gasteiger partial charge in [-0.1, -0.05) is 27.7 Å². The van der Waals surface area contributed by atoms with Gasteiger partial charge in [-0.2, -0.15) is 0 Å². The van der Waals surface area contributed by atoms with Gasteiger partial charge in [-0.3, -0.25) is 0 Å². The van der Waals surface area contributed by atoms with Crippen molar-refractivity contribution in [2.45, 2.75) is 40.2 Å². The fourth-order valence-corrected chi connectivity index (χ4v) is 1.77. The van der Waals surface area contributed by atoms with Crippen molar-refractivity contribution in [1.29, 1.82) is 0 Å². The molecule has 1 N–H and O–H groups in total. The zero-order chi connectivity index (χ0) is 10.3. The van der Waals surface area contributed by atoms with Crippen LogP contribution >= 0.6 is 0 Å². The van der Waals surface area contributed by atoms with E-state index in [1.54, 1.807) is 7.11 Å². The largest absolute Gasteiger partial charge is 0.384 e. The van der Waals surface area contributed by atoms with Crippen molar-refractivity contribution in [3.63, 3.8) is 0 Å². The first kappa shape index (κ1) is 12.9. The SMILES string of the molecule is CCCNC(C(C)C)C(C)COC. The Morgan fingerprint density at radius 2 is 1.85 bits per heavy atom. The van der Waals surface area contributed by atoms with Gasteiger partial charge >= 0.3 is 0 Å². The molecule has 0 aromatic heterocycles. The molecule has 0 saturated carbocycles. The van der Waals surface area contributed by atoms with E-state index >= 15 is 0 Å². The summed E-state index contributed by atoms with van der Waals surface area (Å²) in [5.41, 5.74) is 0. The standard InChI is InChI=1S/C11H25NO/c1-6-7-12-11(9(2)3)10(4)8-13-5/h9-12H,6-8H2,1-5H3. The lowest BCUT2D eigenvalue weighted by Gasteiger charge is -2.28. The van der Waals surface area contributed by atoms with E-state index in [1.165, 1.54) is 6.42 Å². The van der Waals surface area contributed by atoms with Gasteiger partial charge in [0.1, 0.15) is 0 Å². The van der Waals surface area contributed by atoms with Crippen molar-refractivity contribution in [1.82, 2.24) is 5.32 Å². The highest BCUT2D eigenvalue weighted by Gasteiger charge is 2.19. The summed E-state index contributed by atoms with van der Waals surface area (Å²) in [6.07, 6.45) is 1.20. The van der Waals surface area contributed by atoms with Crippen molar-refractivity contribution >= 4 is 0 Å². The molecule has 0 aliphatic rings. The third-order valence-electron chi connectivity index (χ3n) is 2.39. The second-order valence-electron chi connectivity index (χ2n) is 4.16. The topological polar surface area (TPSA) is 21.3 Å². The van der Waals surface area contributed by atoms with Gasteiger partial charge in [0.25, 0.3) is 0 Å². The summed E-state index contributed by atoms with van der Waals surface area (Å²) >= 11 is 0. The van der Waals surface area contributed by atoms with Gasteiger partial charge in [-0.15, -0.1) is 0 Å². The lowest BCUT2D eigenvalue weighted by molar-refractivity contribution is 0.126. The third-order valence-corrected chi connectivity index (χ3v) is 2.39. The van der Waals surface area contributed by atoms with Crippen LogP contribution in [0.25, 0.3) is 0 Å². The second-order valence-corrected chi connectivity index (χ2v) is 4.16. The highest BCUT2D eigenvalue weighted by Crippen LogP contribution is 2.12. The highest BCUT2D eigenvalue weighted by atomic mass is 16.5. The summed E-state index contributed by atoms with van der Waals surface area (Å²) in [6, 6.07) is 0.583. The molecule has 0 amide bonds. The van der Waals surface area contributed by atoms with Crippen LogP contribution in [0.4, 0.5) is 0 Å². The first-order valence-electron chi connectivity index (χ1n) is 5.35. The summed E-state index contributed by atoms with van der Waals surface area (Å²) in [4.78, 5) is 0. The molecule has 0 aromatic rings. The van der Waals surface area contributed by atoms with Crippen molar-refractivity contribution in [2.24, 2.45) is 11.8 Å². The van der Waals surface area contributed by atoms with E-state index in [2.05, 4.69) is 33.0 Å². The Balaban J connectivity index is 3.91. The van der Waals surface area contributed by atoms with Crippen LogP contribution in [0.3, 0.4) is 0 Å². The molecule has 0 fully saturated rings. The zero-order valence-corrected chi connectivity index (χ0v) is 9.76. The summed E-state index contributed by atoms with van der Waals surface area (Å²) < 4.78 is 5.17. The normalized spacial score (nSPS) is 16.2. The molecular weight excluding hydrogens is 162 g/mol. The number of ether oxygens (including phenoxy) is 1. The first-order chi connectivity index (χ1) is 6.13. The molecule has 0 heterocycles. The molecule has 0 bridgehead atoms. The van der Waals surface area contributed by atoms with Crippen LogP contribution in [0.2, 0.25) is 0 Å². The molecule has 2 nitrogen and oxygen atoms in total. The van der Waals surface area contributed by atoms with Gasteiger partial charge in [0.2, 0.25) is 0 Å². The van der Waals surface area contributed by atoms with Crippen LogP contribution < -0.4 is 5.32 Å². The van der Waals surface area contributed by atoms with E-state index < -0.39 is 0 Å². The molecule has 2 unspecified atom stereocenters. The molecule has 13 heavy (non-hydrogen) atoms. The second kappa shape index (κ2) is 7.34. The average molecular weight is 187 g/mol. The maximum absolute atomic E-state index is 5.17. The third kappa shape index (κ3) is 5.27. The van der Waals surface area contributed by atoms with Crippen molar-refractivity contribution in [3.05, 3.63) is 0 Å². The summed E-state index contributed by atoms with van der Waals surface area (Å²) in [6.45, 7) is 10.9. The minimum Gasteiger partial charge on any atom is -0.384 e. The van der Waals surface area contributed by atoms with E-state index in [0.29, 0.717) is 17.9 Å². The van der Waals surface area contributed by atoms with Gasteiger partial charge < -0.3 is 10.1 Å². The Morgan fingerprint density at radius 3 is 2.23 bits per heavy atom. The van der Waals surface area contributed by atoms with Gasteiger partial charge in [0, 0.05) is 13.2 Å². The molecule has 0 aliphatic heterocycles. The van der Waals surface area contributed by atoms with Gasteiger partial charge in [-0.25, -0.2) is 0 Å². The molecule has 0 spiro atoms. The van der Waals surface area contributed by atoms with Crippen LogP contribution in [0.15, 0.2) is 0 Å².